The molecule has 1 aliphatic carbocycles. The second-order valence-electron chi connectivity index (χ2n) is 5.97. The highest BCUT2D eigenvalue weighted by atomic mass is 16.5. The summed E-state index contributed by atoms with van der Waals surface area (Å²) in [5.41, 5.74) is -0.257. The Morgan fingerprint density at radius 1 is 1.53 bits per heavy atom. The largest absolute Gasteiger partial charge is 0.376 e. The zero-order chi connectivity index (χ0) is 13.7. The molecular formula is C15H27N3O. The molecular weight excluding hydrogens is 238 g/mol. The van der Waals surface area contributed by atoms with Crippen LogP contribution in [-0.2, 0) is 4.74 Å². The van der Waals surface area contributed by atoms with Crippen molar-refractivity contribution in [2.45, 2.75) is 51.2 Å². The van der Waals surface area contributed by atoms with Crippen LogP contribution in [0.25, 0.3) is 0 Å². The Morgan fingerprint density at radius 2 is 2.37 bits per heavy atom. The van der Waals surface area contributed by atoms with E-state index in [9.17, 15) is 5.26 Å². The van der Waals surface area contributed by atoms with Crippen LogP contribution < -0.4 is 5.32 Å². The van der Waals surface area contributed by atoms with Crippen molar-refractivity contribution >= 4 is 0 Å². The molecule has 4 heteroatoms. The smallest absolute Gasteiger partial charge is 0.109 e. The van der Waals surface area contributed by atoms with E-state index in [1.54, 1.807) is 0 Å². The number of hydrogen-bond donors (Lipinski definition) is 1. The molecule has 0 spiro atoms. The number of nitrogens with zero attached hydrogens (tertiary/aromatic N) is 2. The Kier molecular flexibility index (Phi) is 5.20. The first-order valence-electron chi connectivity index (χ1n) is 7.70. The minimum Gasteiger partial charge on any atom is -0.376 e. The van der Waals surface area contributed by atoms with Crippen molar-refractivity contribution < 1.29 is 4.74 Å². The van der Waals surface area contributed by atoms with Crippen molar-refractivity contribution in [3.63, 3.8) is 0 Å². The number of morpholine rings is 1. The summed E-state index contributed by atoms with van der Waals surface area (Å²) < 4.78 is 5.57. The predicted octanol–water partition coefficient (Wildman–Crippen LogP) is 1.77. The van der Waals surface area contributed by atoms with Gasteiger partial charge in [-0.25, -0.2) is 0 Å². The van der Waals surface area contributed by atoms with Gasteiger partial charge in [-0.05, 0) is 45.2 Å². The number of nitriles is 1. The van der Waals surface area contributed by atoms with Crippen molar-refractivity contribution in [2.75, 3.05) is 32.8 Å². The molecule has 3 atom stereocenters. The SMILES string of the molecule is CCNC1(C#N)CCCC1CCN1CCOC(C)C1. The summed E-state index contributed by atoms with van der Waals surface area (Å²) in [6.07, 6.45) is 4.88. The van der Waals surface area contributed by atoms with E-state index >= 15 is 0 Å². The summed E-state index contributed by atoms with van der Waals surface area (Å²) in [4.78, 5) is 2.49. The minimum atomic E-state index is -0.257. The normalized spacial score (nSPS) is 36.3. The summed E-state index contributed by atoms with van der Waals surface area (Å²) in [5.74, 6) is 0.510. The van der Waals surface area contributed by atoms with Crippen LogP contribution in [0.15, 0.2) is 0 Å². The Balaban J connectivity index is 1.86. The lowest BCUT2D eigenvalue weighted by atomic mass is 9.85. The van der Waals surface area contributed by atoms with Gasteiger partial charge in [-0.3, -0.25) is 10.2 Å². The first-order valence-corrected chi connectivity index (χ1v) is 7.70. The van der Waals surface area contributed by atoms with Gasteiger partial charge in [-0.15, -0.1) is 0 Å². The van der Waals surface area contributed by atoms with Gasteiger partial charge in [0, 0.05) is 13.1 Å². The highest BCUT2D eigenvalue weighted by molar-refractivity contribution is 5.14. The first-order chi connectivity index (χ1) is 9.20. The molecule has 0 aromatic rings. The molecule has 0 radical (unpaired) electrons. The number of nitrogens with one attached hydrogen (secondary N) is 1. The summed E-state index contributed by atoms with van der Waals surface area (Å²) in [6.45, 7) is 9.15. The summed E-state index contributed by atoms with van der Waals surface area (Å²) >= 11 is 0. The molecule has 108 valence electrons. The molecule has 19 heavy (non-hydrogen) atoms. The molecule has 3 unspecified atom stereocenters. The van der Waals surface area contributed by atoms with Crippen LogP contribution >= 0.6 is 0 Å². The fourth-order valence-corrected chi connectivity index (χ4v) is 3.64. The molecule has 4 nitrogen and oxygen atoms in total. The van der Waals surface area contributed by atoms with Crippen LogP contribution in [0.5, 0.6) is 0 Å². The van der Waals surface area contributed by atoms with Crippen molar-refractivity contribution in [3.8, 4) is 6.07 Å². The first kappa shape index (κ1) is 14.8. The Bertz CT molecular complexity index is 328. The quantitative estimate of drug-likeness (QED) is 0.823. The Morgan fingerprint density at radius 3 is 3.05 bits per heavy atom. The van der Waals surface area contributed by atoms with Gasteiger partial charge in [0.1, 0.15) is 5.54 Å². The molecule has 0 bridgehead atoms. The highest BCUT2D eigenvalue weighted by Crippen LogP contribution is 2.37. The van der Waals surface area contributed by atoms with Gasteiger partial charge >= 0.3 is 0 Å². The second-order valence-corrected chi connectivity index (χ2v) is 5.97. The molecule has 2 fully saturated rings. The molecule has 1 heterocycles. The topological polar surface area (TPSA) is 48.3 Å². The number of ether oxygens (including phenoxy) is 1. The van der Waals surface area contributed by atoms with Gasteiger partial charge < -0.3 is 4.74 Å². The van der Waals surface area contributed by atoms with E-state index in [0.717, 1.165) is 45.6 Å². The standard InChI is InChI=1S/C15H27N3O/c1-3-17-15(12-16)7-4-5-14(15)6-8-18-9-10-19-13(2)11-18/h13-14,17H,3-11H2,1-2H3. The van der Waals surface area contributed by atoms with Gasteiger partial charge in [-0.2, -0.15) is 5.26 Å². The third-order valence-electron chi connectivity index (χ3n) is 4.63. The number of rotatable bonds is 5. The maximum atomic E-state index is 9.55. The molecule has 1 saturated heterocycles. The van der Waals surface area contributed by atoms with Crippen LogP contribution in [0, 0.1) is 17.2 Å². The van der Waals surface area contributed by atoms with E-state index in [2.05, 4.69) is 30.1 Å². The molecule has 0 amide bonds. The van der Waals surface area contributed by atoms with E-state index < -0.39 is 0 Å². The summed E-state index contributed by atoms with van der Waals surface area (Å²) in [5, 5.41) is 13.0. The zero-order valence-electron chi connectivity index (χ0n) is 12.3. The molecule has 2 rings (SSSR count). The van der Waals surface area contributed by atoms with Crippen molar-refractivity contribution in [1.29, 1.82) is 5.26 Å². The Labute approximate surface area is 117 Å². The summed E-state index contributed by atoms with van der Waals surface area (Å²) in [7, 11) is 0. The van der Waals surface area contributed by atoms with E-state index in [1.807, 2.05) is 0 Å². The van der Waals surface area contributed by atoms with Crippen LogP contribution in [0.4, 0.5) is 0 Å². The van der Waals surface area contributed by atoms with Gasteiger partial charge in [0.05, 0.1) is 18.8 Å². The average Bonchev–Trinajstić information content (AvgIpc) is 2.80. The van der Waals surface area contributed by atoms with Crippen molar-refractivity contribution in [1.82, 2.24) is 10.2 Å². The van der Waals surface area contributed by atoms with Gasteiger partial charge in [-0.1, -0.05) is 13.3 Å². The highest BCUT2D eigenvalue weighted by Gasteiger charge is 2.42. The van der Waals surface area contributed by atoms with Gasteiger partial charge in [0.2, 0.25) is 0 Å². The monoisotopic (exact) mass is 265 g/mol. The lowest BCUT2D eigenvalue weighted by Gasteiger charge is -2.34. The van der Waals surface area contributed by atoms with E-state index in [1.165, 1.54) is 12.8 Å². The van der Waals surface area contributed by atoms with Crippen LogP contribution in [0.2, 0.25) is 0 Å². The van der Waals surface area contributed by atoms with Crippen LogP contribution in [-0.4, -0.2) is 49.3 Å². The van der Waals surface area contributed by atoms with E-state index in [0.29, 0.717) is 12.0 Å². The molecule has 0 aromatic carbocycles. The van der Waals surface area contributed by atoms with Crippen LogP contribution in [0.1, 0.15) is 39.5 Å². The maximum Gasteiger partial charge on any atom is 0.109 e. The Hall–Kier alpha value is -0.630. The zero-order valence-corrected chi connectivity index (χ0v) is 12.3. The lowest BCUT2D eigenvalue weighted by molar-refractivity contribution is -0.0202. The molecule has 2 aliphatic rings. The minimum absolute atomic E-state index is 0.257. The molecule has 1 saturated carbocycles. The van der Waals surface area contributed by atoms with E-state index in [4.69, 9.17) is 4.74 Å². The number of hydrogen-bond acceptors (Lipinski definition) is 4. The fraction of sp³-hybridized carbons (Fsp3) is 0.933. The third kappa shape index (κ3) is 3.47. The summed E-state index contributed by atoms with van der Waals surface area (Å²) in [6, 6.07) is 2.57. The predicted molar refractivity (Wildman–Crippen MR) is 75.8 cm³/mol. The fourth-order valence-electron chi connectivity index (χ4n) is 3.64. The molecule has 0 aromatic heterocycles. The second kappa shape index (κ2) is 6.69. The molecule has 1 N–H and O–H groups in total. The van der Waals surface area contributed by atoms with Crippen molar-refractivity contribution in [2.24, 2.45) is 5.92 Å². The average molecular weight is 265 g/mol. The lowest BCUT2D eigenvalue weighted by Crippen LogP contribution is -2.48. The molecule has 1 aliphatic heterocycles. The van der Waals surface area contributed by atoms with Gasteiger partial charge in [0.15, 0.2) is 0 Å². The maximum absolute atomic E-state index is 9.55. The van der Waals surface area contributed by atoms with Crippen molar-refractivity contribution in [3.05, 3.63) is 0 Å². The van der Waals surface area contributed by atoms with Gasteiger partial charge in [0.25, 0.3) is 0 Å². The van der Waals surface area contributed by atoms with Crippen LogP contribution in [0.3, 0.4) is 0 Å². The van der Waals surface area contributed by atoms with E-state index in [-0.39, 0.29) is 5.54 Å². The third-order valence-corrected chi connectivity index (χ3v) is 4.63.